The summed E-state index contributed by atoms with van der Waals surface area (Å²) in [5.74, 6) is 0.512. The third kappa shape index (κ3) is 5.51. The van der Waals surface area contributed by atoms with Crippen molar-refractivity contribution in [3.05, 3.63) is 83.0 Å². The molecule has 0 saturated carbocycles. The van der Waals surface area contributed by atoms with Gasteiger partial charge in [0.2, 0.25) is 5.43 Å². The van der Waals surface area contributed by atoms with Crippen molar-refractivity contribution in [2.75, 3.05) is 0 Å². The molecule has 0 unspecified atom stereocenters. The van der Waals surface area contributed by atoms with Crippen LogP contribution in [0.15, 0.2) is 82.0 Å². The molecule has 2 fully saturated rings. The number of hydrogen-bond acceptors (Lipinski definition) is 6. The van der Waals surface area contributed by atoms with Gasteiger partial charge in [-0.25, -0.2) is 0 Å². The summed E-state index contributed by atoms with van der Waals surface area (Å²) in [6.45, 7) is 20.2. The molecule has 0 radical (unpaired) electrons. The largest absolute Gasteiger partial charge is 0.494 e. The number of rotatable bonds is 4. The van der Waals surface area contributed by atoms with Crippen molar-refractivity contribution in [1.29, 1.82) is 0 Å². The zero-order chi connectivity index (χ0) is 31.4. The predicted octanol–water partition coefficient (Wildman–Crippen LogP) is 6.75. The molecule has 2 aliphatic heterocycles. The maximum Gasteiger partial charge on any atom is 0.494 e. The topological polar surface area (TPSA) is 67.1 Å². The summed E-state index contributed by atoms with van der Waals surface area (Å²) in [5.41, 5.74) is 2.35. The van der Waals surface area contributed by atoms with E-state index in [-0.39, 0.29) is 5.43 Å². The molecule has 43 heavy (non-hydrogen) atoms. The molecule has 0 bridgehead atoms. The second kappa shape index (κ2) is 11.1. The van der Waals surface area contributed by atoms with E-state index in [1.165, 1.54) is 0 Å². The summed E-state index contributed by atoms with van der Waals surface area (Å²) in [6, 6.07) is 23.0. The number of benzene rings is 3. The first kappa shape index (κ1) is 31.3. The van der Waals surface area contributed by atoms with E-state index in [1.54, 1.807) is 6.07 Å². The Morgan fingerprint density at radius 2 is 1.02 bits per heavy atom. The van der Waals surface area contributed by atoms with Gasteiger partial charge in [0.05, 0.1) is 33.4 Å². The minimum atomic E-state index is -0.558. The molecule has 0 atom stereocenters. The maximum absolute atomic E-state index is 14.1. The summed E-state index contributed by atoms with van der Waals surface area (Å²) < 4.78 is 31.5. The van der Waals surface area contributed by atoms with Crippen LogP contribution in [0.3, 0.4) is 0 Å². The van der Waals surface area contributed by atoms with Gasteiger partial charge < -0.3 is 23.0 Å². The molecule has 3 heterocycles. The lowest BCUT2D eigenvalue weighted by atomic mass is 9.78. The van der Waals surface area contributed by atoms with E-state index < -0.39 is 36.6 Å². The third-order valence-electron chi connectivity index (χ3n) is 9.20. The van der Waals surface area contributed by atoms with Gasteiger partial charge in [0.1, 0.15) is 11.3 Å². The number of hydrogen-bond donors (Lipinski definition) is 0. The average molecular weight is 580 g/mol. The van der Waals surface area contributed by atoms with E-state index in [1.807, 2.05) is 136 Å². The van der Waals surface area contributed by atoms with Crippen molar-refractivity contribution >= 4 is 36.1 Å². The van der Waals surface area contributed by atoms with Crippen LogP contribution in [0.5, 0.6) is 0 Å². The minimum Gasteiger partial charge on any atom is -0.455 e. The van der Waals surface area contributed by atoms with Crippen LogP contribution in [0.2, 0.25) is 0 Å². The molecule has 6 rings (SSSR count). The monoisotopic (exact) mass is 580 g/mol. The summed E-state index contributed by atoms with van der Waals surface area (Å²) >= 11 is 0. The highest BCUT2D eigenvalue weighted by atomic mass is 16.7. The second-order valence-corrected chi connectivity index (χ2v) is 13.1. The highest BCUT2D eigenvalue weighted by Gasteiger charge is 2.52. The Morgan fingerprint density at radius 1 is 0.558 bits per heavy atom. The van der Waals surface area contributed by atoms with Crippen LogP contribution in [0.1, 0.15) is 69.2 Å². The zero-order valence-corrected chi connectivity index (χ0v) is 27.0. The van der Waals surface area contributed by atoms with Gasteiger partial charge >= 0.3 is 14.2 Å². The first-order valence-electron chi connectivity index (χ1n) is 15.2. The van der Waals surface area contributed by atoms with Crippen molar-refractivity contribution < 1.29 is 23.0 Å². The lowest BCUT2D eigenvalue weighted by Crippen LogP contribution is -2.41. The predicted molar refractivity (Wildman–Crippen MR) is 176 cm³/mol. The van der Waals surface area contributed by atoms with Crippen LogP contribution >= 0.6 is 0 Å². The van der Waals surface area contributed by atoms with Gasteiger partial charge in [-0.3, -0.25) is 4.79 Å². The van der Waals surface area contributed by atoms with Gasteiger partial charge in [-0.2, -0.15) is 0 Å². The zero-order valence-electron chi connectivity index (χ0n) is 27.0. The fraction of sp³-hybridized carbons (Fsp3) is 0.400. The van der Waals surface area contributed by atoms with Crippen LogP contribution < -0.4 is 16.4 Å². The van der Waals surface area contributed by atoms with Crippen LogP contribution in [-0.4, -0.2) is 36.6 Å². The van der Waals surface area contributed by atoms with E-state index in [9.17, 15) is 4.79 Å². The Hall–Kier alpha value is -3.16. The standard InChI is InChI=1S/C33H36B2O6.C2H6/c1-30(2)31(3,4)39-34(38-30)23-16-14-21(15-17-23)27-28(36)25-19-18-24(35-40-32(5,6)33(7,8)41-35)20-26(25)37-29(27)22-12-10-9-11-13-22;1-2/h9-20H,1-8H3;1-2H3. The van der Waals surface area contributed by atoms with Gasteiger partial charge in [-0.15, -0.1) is 0 Å². The molecular weight excluding hydrogens is 538 g/mol. The van der Waals surface area contributed by atoms with E-state index in [0.717, 1.165) is 22.1 Å². The molecule has 0 aliphatic carbocycles. The molecule has 6 nitrogen and oxygen atoms in total. The smallest absolute Gasteiger partial charge is 0.455 e. The molecule has 2 aliphatic rings. The van der Waals surface area contributed by atoms with Crippen molar-refractivity contribution in [3.8, 4) is 22.5 Å². The summed E-state index contributed by atoms with van der Waals surface area (Å²) in [4.78, 5) is 14.1. The van der Waals surface area contributed by atoms with Crippen molar-refractivity contribution in [3.63, 3.8) is 0 Å². The molecule has 224 valence electrons. The Kier molecular flexibility index (Phi) is 8.06. The van der Waals surface area contributed by atoms with Gasteiger partial charge in [-0.1, -0.05) is 74.5 Å². The third-order valence-corrected chi connectivity index (χ3v) is 9.20. The summed E-state index contributed by atoms with van der Waals surface area (Å²) in [7, 11) is -1.04. The Balaban J connectivity index is 0.00000180. The molecule has 4 aromatic rings. The number of fused-ring (bicyclic) bond motifs is 1. The van der Waals surface area contributed by atoms with Crippen molar-refractivity contribution in [1.82, 2.24) is 0 Å². The van der Waals surface area contributed by atoms with Crippen LogP contribution in [0.4, 0.5) is 0 Å². The molecule has 0 spiro atoms. The molecular formula is C35H42B2O6. The first-order chi connectivity index (χ1) is 20.2. The highest BCUT2D eigenvalue weighted by molar-refractivity contribution is 6.62. The van der Waals surface area contributed by atoms with Gasteiger partial charge in [0, 0.05) is 5.56 Å². The van der Waals surface area contributed by atoms with Crippen LogP contribution in [0.25, 0.3) is 33.4 Å². The summed E-state index contributed by atoms with van der Waals surface area (Å²) in [5, 5.41) is 0.495. The molecule has 0 amide bonds. The Labute approximate surface area is 256 Å². The highest BCUT2D eigenvalue weighted by Crippen LogP contribution is 2.38. The molecule has 1 aromatic heterocycles. The van der Waals surface area contributed by atoms with Crippen molar-refractivity contribution in [2.45, 2.75) is 91.6 Å². The van der Waals surface area contributed by atoms with Gasteiger partial charge in [-0.05, 0) is 84.0 Å². The minimum absolute atomic E-state index is 0.103. The van der Waals surface area contributed by atoms with E-state index in [4.69, 9.17) is 23.0 Å². The Morgan fingerprint density at radius 3 is 1.53 bits per heavy atom. The quantitative estimate of drug-likeness (QED) is 0.249. The van der Waals surface area contributed by atoms with Crippen molar-refractivity contribution in [2.24, 2.45) is 0 Å². The van der Waals surface area contributed by atoms with Gasteiger partial charge in [0.25, 0.3) is 0 Å². The second-order valence-electron chi connectivity index (χ2n) is 13.1. The lowest BCUT2D eigenvalue weighted by Gasteiger charge is -2.32. The maximum atomic E-state index is 14.1. The Bertz CT molecular complexity index is 1640. The van der Waals surface area contributed by atoms with Gasteiger partial charge in [0.15, 0.2) is 0 Å². The molecule has 2 saturated heterocycles. The normalized spacial score (nSPS) is 19.8. The molecule has 3 aromatic carbocycles. The lowest BCUT2D eigenvalue weighted by molar-refractivity contribution is 0.00578. The SMILES string of the molecule is CC.CC1(C)OB(c2ccc(-c3c(-c4ccccc4)oc4cc(B5OC(C)(C)C(C)(C)O5)ccc4c3=O)cc2)OC1(C)C. The van der Waals surface area contributed by atoms with E-state index >= 15 is 0 Å². The summed E-state index contributed by atoms with van der Waals surface area (Å²) in [6.07, 6.45) is 0. The van der Waals surface area contributed by atoms with Crippen LogP contribution in [0, 0.1) is 0 Å². The van der Waals surface area contributed by atoms with E-state index in [2.05, 4.69) is 0 Å². The molecule has 0 N–H and O–H groups in total. The van der Waals surface area contributed by atoms with E-state index in [0.29, 0.717) is 22.3 Å². The average Bonchev–Trinajstić information content (AvgIpc) is 3.33. The first-order valence-corrected chi connectivity index (χ1v) is 15.2. The van der Waals surface area contributed by atoms with Crippen LogP contribution in [-0.2, 0) is 18.6 Å². The fourth-order valence-corrected chi connectivity index (χ4v) is 5.18. The fourth-order valence-electron chi connectivity index (χ4n) is 5.18. The molecule has 8 heteroatoms.